The molecule has 5 heterocycles. The third kappa shape index (κ3) is 3.79. The number of pyridine rings is 1. The molecule has 38 heavy (non-hydrogen) atoms. The first-order valence-electron chi connectivity index (χ1n) is 11.4. The van der Waals surface area contributed by atoms with Gasteiger partial charge in [-0.2, -0.15) is 28.5 Å². The van der Waals surface area contributed by atoms with Gasteiger partial charge in [0, 0.05) is 41.9 Å². The van der Waals surface area contributed by atoms with Gasteiger partial charge in [0.15, 0.2) is 11.5 Å². The SMILES string of the molecule is CC(F)(F)n1cc([C@@]2(C)C[C@H](C(=O)Nc3cnc(-n4nccn4)c(Cl)c3)c3cnc4cc(F)nn4c32)cn1. The van der Waals surface area contributed by atoms with Crippen LogP contribution in [0.3, 0.4) is 0 Å². The Hall–Kier alpha value is -4.33. The van der Waals surface area contributed by atoms with Gasteiger partial charge >= 0.3 is 6.05 Å². The number of fused-ring (bicyclic) bond motifs is 3. The highest BCUT2D eigenvalue weighted by atomic mass is 35.5. The second-order valence-corrected chi connectivity index (χ2v) is 9.65. The summed E-state index contributed by atoms with van der Waals surface area (Å²) in [4.78, 5) is 23.3. The van der Waals surface area contributed by atoms with Crippen molar-refractivity contribution < 1.29 is 18.0 Å². The molecule has 1 amide bonds. The summed E-state index contributed by atoms with van der Waals surface area (Å²) in [6, 6.07) is -0.568. The van der Waals surface area contributed by atoms with Crippen molar-refractivity contribution in [2.24, 2.45) is 0 Å². The average Bonchev–Trinajstić information content (AvgIpc) is 3.64. The Bertz CT molecular complexity index is 1690. The maximum Gasteiger partial charge on any atom is 0.340 e. The summed E-state index contributed by atoms with van der Waals surface area (Å²) in [5.74, 6) is -1.68. The molecule has 0 radical (unpaired) electrons. The Labute approximate surface area is 217 Å². The summed E-state index contributed by atoms with van der Waals surface area (Å²) in [5.41, 5.74) is 0.880. The number of hydrogen-bond acceptors (Lipinski definition) is 7. The first-order chi connectivity index (χ1) is 18.0. The van der Waals surface area contributed by atoms with Crippen LogP contribution >= 0.6 is 11.6 Å². The van der Waals surface area contributed by atoms with Crippen molar-refractivity contribution >= 4 is 28.8 Å². The normalized spacial score (nSPS) is 19.2. The zero-order chi connectivity index (χ0) is 26.8. The lowest BCUT2D eigenvalue weighted by atomic mass is 9.80. The maximum absolute atomic E-state index is 14.1. The fraction of sp³-hybridized carbons (Fsp3) is 0.261. The lowest BCUT2D eigenvalue weighted by molar-refractivity contribution is -0.117. The number of halogens is 4. The molecule has 0 saturated carbocycles. The van der Waals surface area contributed by atoms with E-state index in [1.165, 1.54) is 52.6 Å². The molecule has 11 nitrogen and oxygen atoms in total. The highest BCUT2D eigenvalue weighted by Gasteiger charge is 2.48. The number of rotatable bonds is 5. The van der Waals surface area contributed by atoms with Crippen molar-refractivity contribution in [2.75, 3.05) is 5.32 Å². The van der Waals surface area contributed by atoms with Gasteiger partial charge in [-0.1, -0.05) is 11.6 Å². The number of nitrogens with zero attached hydrogens (tertiary/aromatic N) is 9. The Kier molecular flexibility index (Phi) is 5.28. The minimum atomic E-state index is -3.23. The van der Waals surface area contributed by atoms with Crippen LogP contribution in [0.2, 0.25) is 5.02 Å². The van der Waals surface area contributed by atoms with E-state index in [2.05, 4.69) is 35.7 Å². The van der Waals surface area contributed by atoms with Crippen LogP contribution in [0, 0.1) is 5.95 Å². The monoisotopic (exact) mass is 542 g/mol. The van der Waals surface area contributed by atoms with Crippen LogP contribution in [0.1, 0.15) is 43.0 Å². The molecule has 1 N–H and O–H groups in total. The van der Waals surface area contributed by atoms with Crippen LogP contribution in [0.25, 0.3) is 11.5 Å². The zero-order valence-corrected chi connectivity index (χ0v) is 20.6. The second-order valence-electron chi connectivity index (χ2n) is 9.24. The summed E-state index contributed by atoms with van der Waals surface area (Å²) in [7, 11) is 0. The van der Waals surface area contributed by atoms with Gasteiger partial charge in [-0.3, -0.25) is 4.79 Å². The van der Waals surface area contributed by atoms with Gasteiger partial charge < -0.3 is 5.32 Å². The number of anilines is 1. The van der Waals surface area contributed by atoms with Gasteiger partial charge in [0.2, 0.25) is 11.9 Å². The predicted octanol–water partition coefficient (Wildman–Crippen LogP) is 3.70. The summed E-state index contributed by atoms with van der Waals surface area (Å²) >= 11 is 6.33. The van der Waals surface area contributed by atoms with Crippen molar-refractivity contribution in [1.82, 2.24) is 44.4 Å². The van der Waals surface area contributed by atoms with Crippen molar-refractivity contribution in [2.45, 2.75) is 37.6 Å². The van der Waals surface area contributed by atoms with E-state index < -0.39 is 29.2 Å². The molecule has 0 unspecified atom stereocenters. The molecule has 1 aliphatic carbocycles. The zero-order valence-electron chi connectivity index (χ0n) is 19.8. The molecule has 194 valence electrons. The summed E-state index contributed by atoms with van der Waals surface area (Å²) < 4.78 is 43.9. The van der Waals surface area contributed by atoms with E-state index in [0.717, 1.165) is 13.0 Å². The molecular weight excluding hydrogens is 525 g/mol. The standard InChI is InChI=1S/C23H18ClF3N10O/c1-22(12-8-32-35(11-12)23(2,26)27)7-14(15-10-28-18-6-17(25)34-36(18)19(15)22)21(38)33-13-5-16(24)20(29-9-13)37-30-3-4-31-37/h3-6,8-11,14H,7H2,1-2H3,(H,33,38)/t14-,22+/m0/s1. The van der Waals surface area contributed by atoms with Crippen molar-refractivity contribution in [3.8, 4) is 5.82 Å². The summed E-state index contributed by atoms with van der Waals surface area (Å²) in [6.45, 7) is 2.50. The van der Waals surface area contributed by atoms with Crippen LogP contribution in [0.5, 0.6) is 0 Å². The largest absolute Gasteiger partial charge is 0.340 e. The van der Waals surface area contributed by atoms with Crippen LogP contribution < -0.4 is 5.32 Å². The number of carbonyl (C=O) groups excluding carboxylic acids is 1. The Morgan fingerprint density at radius 1 is 1.16 bits per heavy atom. The summed E-state index contributed by atoms with van der Waals surface area (Å²) in [5, 5.41) is 18.7. The molecule has 0 fully saturated rings. The second kappa shape index (κ2) is 8.34. The Morgan fingerprint density at radius 3 is 2.61 bits per heavy atom. The third-order valence-electron chi connectivity index (χ3n) is 6.63. The predicted molar refractivity (Wildman–Crippen MR) is 128 cm³/mol. The quantitative estimate of drug-likeness (QED) is 0.359. The molecule has 1 aliphatic rings. The molecule has 15 heteroatoms. The highest BCUT2D eigenvalue weighted by molar-refractivity contribution is 6.32. The average molecular weight is 543 g/mol. The minimum absolute atomic E-state index is 0.161. The van der Waals surface area contributed by atoms with Crippen LogP contribution in [-0.2, 0) is 16.3 Å². The fourth-order valence-electron chi connectivity index (χ4n) is 4.85. The minimum Gasteiger partial charge on any atom is -0.324 e. The molecule has 0 saturated heterocycles. The van der Waals surface area contributed by atoms with Gasteiger partial charge in [-0.05, 0) is 19.4 Å². The lowest BCUT2D eigenvalue weighted by Crippen LogP contribution is -2.25. The van der Waals surface area contributed by atoms with Gasteiger partial charge in [-0.15, -0.1) is 9.90 Å². The smallest absolute Gasteiger partial charge is 0.324 e. The first-order valence-corrected chi connectivity index (χ1v) is 11.7. The van der Waals surface area contributed by atoms with E-state index in [-0.39, 0.29) is 22.9 Å². The van der Waals surface area contributed by atoms with Crippen LogP contribution in [-0.4, -0.2) is 50.3 Å². The molecule has 0 aromatic carbocycles. The molecule has 5 aromatic rings. The molecule has 0 spiro atoms. The van der Waals surface area contributed by atoms with Gasteiger partial charge in [-0.25, -0.2) is 19.2 Å². The van der Waals surface area contributed by atoms with Crippen molar-refractivity contribution in [1.29, 1.82) is 0 Å². The lowest BCUT2D eigenvalue weighted by Gasteiger charge is -2.24. The van der Waals surface area contributed by atoms with Crippen molar-refractivity contribution in [3.05, 3.63) is 77.1 Å². The van der Waals surface area contributed by atoms with Crippen LogP contribution in [0.4, 0.5) is 18.9 Å². The number of nitrogens with one attached hydrogen (secondary N) is 1. The molecule has 0 aliphatic heterocycles. The molecular formula is C23H18ClF3N10O. The first kappa shape index (κ1) is 24.0. The topological polar surface area (TPSA) is 121 Å². The molecule has 2 atom stereocenters. The van der Waals surface area contributed by atoms with E-state index in [1.807, 2.05) is 0 Å². The van der Waals surface area contributed by atoms with Gasteiger partial charge in [0.1, 0.15) is 0 Å². The van der Waals surface area contributed by atoms with E-state index >= 15 is 0 Å². The highest BCUT2D eigenvalue weighted by Crippen LogP contribution is 2.50. The number of carbonyl (C=O) groups is 1. The van der Waals surface area contributed by atoms with Crippen LogP contribution in [0.15, 0.2) is 49.3 Å². The Morgan fingerprint density at radius 2 is 1.92 bits per heavy atom. The maximum atomic E-state index is 14.1. The van der Waals surface area contributed by atoms with E-state index in [0.29, 0.717) is 27.2 Å². The van der Waals surface area contributed by atoms with E-state index in [1.54, 1.807) is 6.92 Å². The number of amides is 1. The van der Waals surface area contributed by atoms with E-state index in [9.17, 15) is 18.0 Å². The molecule has 0 bridgehead atoms. The van der Waals surface area contributed by atoms with Gasteiger partial charge in [0.25, 0.3) is 0 Å². The number of hydrogen-bond donors (Lipinski definition) is 1. The summed E-state index contributed by atoms with van der Waals surface area (Å²) in [6.07, 6.45) is 8.55. The third-order valence-corrected chi connectivity index (χ3v) is 6.91. The van der Waals surface area contributed by atoms with Gasteiger partial charge in [0.05, 0.1) is 47.1 Å². The molecule has 5 aromatic heterocycles. The number of alkyl halides is 2. The van der Waals surface area contributed by atoms with Crippen molar-refractivity contribution in [3.63, 3.8) is 0 Å². The number of aromatic nitrogens is 9. The Balaban J connectivity index is 1.39. The molecule has 6 rings (SSSR count). The fourth-order valence-corrected chi connectivity index (χ4v) is 5.09. The van der Waals surface area contributed by atoms with E-state index in [4.69, 9.17) is 11.6 Å².